The standard InChI is InChI=1S/C17H30N2/c1-5-8-9-15(4)18-14-16-10-12-17(13-11-16)19(6-2)7-3/h10-13,15,18H,5-9,14H2,1-4H3. The Bertz CT molecular complexity index is 328. The summed E-state index contributed by atoms with van der Waals surface area (Å²) in [6, 6.07) is 9.57. The topological polar surface area (TPSA) is 15.3 Å². The Morgan fingerprint density at radius 1 is 1.05 bits per heavy atom. The van der Waals surface area contributed by atoms with Crippen LogP contribution in [0.5, 0.6) is 0 Å². The van der Waals surface area contributed by atoms with Gasteiger partial charge in [0, 0.05) is 31.4 Å². The largest absolute Gasteiger partial charge is 0.372 e. The molecule has 1 aromatic rings. The van der Waals surface area contributed by atoms with E-state index < -0.39 is 0 Å². The van der Waals surface area contributed by atoms with Crippen LogP contribution in [0.15, 0.2) is 24.3 Å². The average molecular weight is 262 g/mol. The molecule has 1 atom stereocenters. The Kier molecular flexibility index (Phi) is 7.57. The average Bonchev–Trinajstić information content (AvgIpc) is 2.45. The van der Waals surface area contributed by atoms with Crippen LogP contribution in [0.3, 0.4) is 0 Å². The van der Waals surface area contributed by atoms with Gasteiger partial charge >= 0.3 is 0 Å². The van der Waals surface area contributed by atoms with Crippen molar-refractivity contribution < 1.29 is 0 Å². The molecular weight excluding hydrogens is 232 g/mol. The minimum absolute atomic E-state index is 0.613. The molecule has 0 fully saturated rings. The highest BCUT2D eigenvalue weighted by molar-refractivity contribution is 5.47. The highest BCUT2D eigenvalue weighted by Crippen LogP contribution is 2.15. The van der Waals surface area contributed by atoms with Crippen molar-refractivity contribution in [2.75, 3.05) is 18.0 Å². The van der Waals surface area contributed by atoms with Gasteiger partial charge in [0.15, 0.2) is 0 Å². The van der Waals surface area contributed by atoms with Gasteiger partial charge in [-0.15, -0.1) is 0 Å². The van der Waals surface area contributed by atoms with E-state index in [-0.39, 0.29) is 0 Å². The van der Waals surface area contributed by atoms with Crippen molar-refractivity contribution in [1.82, 2.24) is 5.32 Å². The molecule has 0 amide bonds. The first-order valence-corrected chi connectivity index (χ1v) is 7.78. The second-order valence-electron chi connectivity index (χ2n) is 5.26. The fraction of sp³-hybridized carbons (Fsp3) is 0.647. The number of hydrogen-bond acceptors (Lipinski definition) is 2. The Hall–Kier alpha value is -1.02. The zero-order chi connectivity index (χ0) is 14.1. The second kappa shape index (κ2) is 8.98. The van der Waals surface area contributed by atoms with Crippen LogP contribution in [0.4, 0.5) is 5.69 Å². The van der Waals surface area contributed by atoms with E-state index in [4.69, 9.17) is 0 Å². The van der Waals surface area contributed by atoms with Gasteiger partial charge < -0.3 is 10.2 Å². The molecular formula is C17H30N2. The van der Waals surface area contributed by atoms with Gasteiger partial charge in [0.2, 0.25) is 0 Å². The molecule has 1 aromatic carbocycles. The van der Waals surface area contributed by atoms with E-state index in [2.05, 4.69) is 62.2 Å². The molecule has 0 saturated carbocycles. The van der Waals surface area contributed by atoms with Crippen molar-refractivity contribution in [3.05, 3.63) is 29.8 Å². The van der Waals surface area contributed by atoms with Crippen LogP contribution in [0.1, 0.15) is 52.5 Å². The molecule has 0 aliphatic rings. The minimum Gasteiger partial charge on any atom is -0.372 e. The lowest BCUT2D eigenvalue weighted by atomic mass is 10.1. The Balaban J connectivity index is 2.43. The highest BCUT2D eigenvalue weighted by Gasteiger charge is 2.03. The number of unbranched alkanes of at least 4 members (excludes halogenated alkanes) is 1. The third kappa shape index (κ3) is 5.65. The maximum Gasteiger partial charge on any atom is 0.0366 e. The summed E-state index contributed by atoms with van der Waals surface area (Å²) in [5.74, 6) is 0. The van der Waals surface area contributed by atoms with Gasteiger partial charge in [0.05, 0.1) is 0 Å². The van der Waals surface area contributed by atoms with E-state index in [1.165, 1.54) is 30.5 Å². The molecule has 1 unspecified atom stereocenters. The van der Waals surface area contributed by atoms with Crippen LogP contribution in [0, 0.1) is 0 Å². The molecule has 0 aromatic heterocycles. The van der Waals surface area contributed by atoms with Crippen LogP contribution < -0.4 is 10.2 Å². The molecule has 2 heteroatoms. The SMILES string of the molecule is CCCCC(C)NCc1ccc(N(CC)CC)cc1. The minimum atomic E-state index is 0.613. The normalized spacial score (nSPS) is 12.4. The molecule has 0 aliphatic heterocycles. The lowest BCUT2D eigenvalue weighted by molar-refractivity contribution is 0.495. The molecule has 0 aliphatic carbocycles. The van der Waals surface area contributed by atoms with Crippen LogP contribution in [-0.4, -0.2) is 19.1 Å². The first-order chi connectivity index (χ1) is 9.21. The molecule has 0 spiro atoms. The number of hydrogen-bond donors (Lipinski definition) is 1. The van der Waals surface area contributed by atoms with Crippen molar-refractivity contribution >= 4 is 5.69 Å². The van der Waals surface area contributed by atoms with E-state index in [0.29, 0.717) is 6.04 Å². The predicted molar refractivity (Wildman–Crippen MR) is 85.8 cm³/mol. The van der Waals surface area contributed by atoms with Crippen molar-refractivity contribution in [3.8, 4) is 0 Å². The van der Waals surface area contributed by atoms with Crippen LogP contribution in [-0.2, 0) is 6.54 Å². The predicted octanol–water partition coefficient (Wildman–Crippen LogP) is 4.20. The van der Waals surface area contributed by atoms with Gasteiger partial charge in [-0.05, 0) is 44.9 Å². The maximum atomic E-state index is 3.60. The van der Waals surface area contributed by atoms with Gasteiger partial charge in [0.25, 0.3) is 0 Å². The van der Waals surface area contributed by atoms with Crippen molar-refractivity contribution in [1.29, 1.82) is 0 Å². The Labute approximate surface area is 119 Å². The highest BCUT2D eigenvalue weighted by atomic mass is 15.1. The summed E-state index contributed by atoms with van der Waals surface area (Å²) in [5.41, 5.74) is 2.70. The van der Waals surface area contributed by atoms with Crippen molar-refractivity contribution in [2.24, 2.45) is 0 Å². The Morgan fingerprint density at radius 3 is 2.21 bits per heavy atom. The van der Waals surface area contributed by atoms with E-state index >= 15 is 0 Å². The van der Waals surface area contributed by atoms with E-state index in [0.717, 1.165) is 19.6 Å². The molecule has 2 nitrogen and oxygen atoms in total. The summed E-state index contributed by atoms with van der Waals surface area (Å²) < 4.78 is 0. The van der Waals surface area contributed by atoms with E-state index in [9.17, 15) is 0 Å². The first kappa shape index (κ1) is 16.0. The second-order valence-corrected chi connectivity index (χ2v) is 5.26. The summed E-state index contributed by atoms with van der Waals surface area (Å²) in [6.07, 6.45) is 3.87. The zero-order valence-electron chi connectivity index (χ0n) is 13.1. The number of benzene rings is 1. The zero-order valence-corrected chi connectivity index (χ0v) is 13.1. The molecule has 0 radical (unpaired) electrons. The third-order valence-corrected chi connectivity index (χ3v) is 3.71. The number of rotatable bonds is 9. The number of anilines is 1. The van der Waals surface area contributed by atoms with Gasteiger partial charge in [-0.1, -0.05) is 31.9 Å². The number of nitrogens with one attached hydrogen (secondary N) is 1. The summed E-state index contributed by atoms with van der Waals surface area (Å²) in [7, 11) is 0. The summed E-state index contributed by atoms with van der Waals surface area (Å²) >= 11 is 0. The molecule has 0 saturated heterocycles. The van der Waals surface area contributed by atoms with Gasteiger partial charge in [-0.3, -0.25) is 0 Å². The van der Waals surface area contributed by atoms with Gasteiger partial charge in [0.1, 0.15) is 0 Å². The van der Waals surface area contributed by atoms with Crippen molar-refractivity contribution in [3.63, 3.8) is 0 Å². The maximum absolute atomic E-state index is 3.60. The molecule has 19 heavy (non-hydrogen) atoms. The first-order valence-electron chi connectivity index (χ1n) is 7.78. The molecule has 0 bridgehead atoms. The molecule has 1 rings (SSSR count). The third-order valence-electron chi connectivity index (χ3n) is 3.71. The lowest BCUT2D eigenvalue weighted by Crippen LogP contribution is -2.25. The van der Waals surface area contributed by atoms with Gasteiger partial charge in [-0.25, -0.2) is 0 Å². The molecule has 0 heterocycles. The molecule has 108 valence electrons. The fourth-order valence-corrected chi connectivity index (χ4v) is 2.32. The fourth-order valence-electron chi connectivity index (χ4n) is 2.32. The van der Waals surface area contributed by atoms with E-state index in [1.807, 2.05) is 0 Å². The Morgan fingerprint density at radius 2 is 1.68 bits per heavy atom. The van der Waals surface area contributed by atoms with Crippen LogP contribution in [0.25, 0.3) is 0 Å². The molecule has 1 N–H and O–H groups in total. The quantitative estimate of drug-likeness (QED) is 0.717. The smallest absolute Gasteiger partial charge is 0.0366 e. The van der Waals surface area contributed by atoms with E-state index in [1.54, 1.807) is 0 Å². The monoisotopic (exact) mass is 262 g/mol. The van der Waals surface area contributed by atoms with Crippen LogP contribution >= 0.6 is 0 Å². The van der Waals surface area contributed by atoms with Crippen LogP contribution in [0.2, 0.25) is 0 Å². The lowest BCUT2D eigenvalue weighted by Gasteiger charge is -2.21. The summed E-state index contributed by atoms with van der Waals surface area (Å²) in [5, 5.41) is 3.60. The van der Waals surface area contributed by atoms with Crippen molar-refractivity contribution in [2.45, 2.75) is 59.5 Å². The summed E-state index contributed by atoms with van der Waals surface area (Å²) in [4.78, 5) is 2.38. The van der Waals surface area contributed by atoms with Gasteiger partial charge in [-0.2, -0.15) is 0 Å². The summed E-state index contributed by atoms with van der Waals surface area (Å²) in [6.45, 7) is 12.1. The number of nitrogens with zero attached hydrogens (tertiary/aromatic N) is 1.